The van der Waals surface area contributed by atoms with E-state index in [0.717, 1.165) is 12.1 Å². The van der Waals surface area contributed by atoms with Crippen LogP contribution in [0.25, 0.3) is 10.9 Å². The van der Waals surface area contributed by atoms with Gasteiger partial charge in [-0.25, -0.2) is 14.4 Å². The monoisotopic (exact) mass is 521 g/mol. The van der Waals surface area contributed by atoms with E-state index in [-0.39, 0.29) is 12.3 Å². The van der Waals surface area contributed by atoms with Crippen molar-refractivity contribution in [2.45, 2.75) is 12.8 Å². The molecule has 0 spiro atoms. The number of ether oxygens (including phenoxy) is 2. The van der Waals surface area contributed by atoms with Crippen molar-refractivity contribution in [2.24, 2.45) is 0 Å². The van der Waals surface area contributed by atoms with Crippen LogP contribution in [0.2, 0.25) is 0 Å². The van der Waals surface area contributed by atoms with Crippen molar-refractivity contribution in [3.63, 3.8) is 0 Å². The molecule has 0 aliphatic rings. The van der Waals surface area contributed by atoms with Crippen LogP contribution in [-0.2, 0) is 12.8 Å². The zero-order chi connectivity index (χ0) is 23.6. The minimum absolute atomic E-state index is 0.0281. The van der Waals surface area contributed by atoms with E-state index in [2.05, 4.69) is 31.2 Å². The number of anilines is 2. The van der Waals surface area contributed by atoms with Gasteiger partial charge in [-0.3, -0.25) is 0 Å². The maximum absolute atomic E-state index is 14.3. The van der Waals surface area contributed by atoms with Crippen molar-refractivity contribution in [1.82, 2.24) is 9.97 Å². The predicted octanol–water partition coefficient (Wildman–Crippen LogP) is 6.88. The molecule has 0 fully saturated rings. The summed E-state index contributed by atoms with van der Waals surface area (Å²) < 4.78 is 64.3. The number of nitrogens with one attached hydrogen (secondary N) is 1. The summed E-state index contributed by atoms with van der Waals surface area (Å²) >= 11 is 3.22. The van der Waals surface area contributed by atoms with Crippen LogP contribution in [0.3, 0.4) is 0 Å². The average molecular weight is 522 g/mol. The fourth-order valence-corrected chi connectivity index (χ4v) is 3.44. The number of alkyl halides is 3. The third-order valence-electron chi connectivity index (χ3n) is 4.78. The van der Waals surface area contributed by atoms with Crippen LogP contribution in [0.5, 0.6) is 11.5 Å². The van der Waals surface area contributed by atoms with Gasteiger partial charge in [-0.15, -0.1) is 0 Å². The summed E-state index contributed by atoms with van der Waals surface area (Å²) in [7, 11) is 1.46. The van der Waals surface area contributed by atoms with Crippen LogP contribution in [0, 0.1) is 5.82 Å². The Morgan fingerprint density at radius 2 is 1.73 bits per heavy atom. The molecule has 0 amide bonds. The number of aromatic nitrogens is 2. The molecule has 3 aromatic carbocycles. The molecule has 0 saturated heterocycles. The van der Waals surface area contributed by atoms with Crippen LogP contribution in [0.4, 0.5) is 29.1 Å². The van der Waals surface area contributed by atoms with E-state index < -0.39 is 17.6 Å². The Balaban J connectivity index is 1.60. The van der Waals surface area contributed by atoms with Crippen LogP contribution in [0.15, 0.2) is 65.4 Å². The number of benzene rings is 3. The van der Waals surface area contributed by atoms with Crippen molar-refractivity contribution in [1.29, 1.82) is 0 Å². The Kier molecular flexibility index (Phi) is 6.37. The third kappa shape index (κ3) is 5.16. The second-order valence-electron chi connectivity index (χ2n) is 6.98. The Bertz CT molecular complexity index is 1300. The summed E-state index contributed by atoms with van der Waals surface area (Å²) in [4.78, 5) is 8.44. The molecule has 0 aliphatic carbocycles. The molecule has 10 heteroatoms. The van der Waals surface area contributed by atoms with Crippen molar-refractivity contribution in [3.8, 4) is 11.5 Å². The molecule has 1 heterocycles. The van der Waals surface area contributed by atoms with Gasteiger partial charge in [-0.2, -0.15) is 13.2 Å². The fourth-order valence-electron chi connectivity index (χ4n) is 3.11. The van der Waals surface area contributed by atoms with Crippen molar-refractivity contribution in [2.75, 3.05) is 12.4 Å². The molecule has 5 nitrogen and oxygen atoms in total. The lowest BCUT2D eigenvalue weighted by molar-refractivity contribution is -0.137. The number of hydrogen-bond acceptors (Lipinski definition) is 5. The largest absolute Gasteiger partial charge is 0.493 e. The van der Waals surface area contributed by atoms with Gasteiger partial charge in [0.1, 0.15) is 24.6 Å². The van der Waals surface area contributed by atoms with E-state index in [4.69, 9.17) is 9.47 Å². The highest BCUT2D eigenvalue weighted by molar-refractivity contribution is 9.10. The van der Waals surface area contributed by atoms with E-state index >= 15 is 0 Å². The predicted molar refractivity (Wildman–Crippen MR) is 119 cm³/mol. The van der Waals surface area contributed by atoms with E-state index in [1.54, 1.807) is 24.3 Å². The van der Waals surface area contributed by atoms with Gasteiger partial charge in [0.2, 0.25) is 0 Å². The number of methoxy groups -OCH3 is 1. The Morgan fingerprint density at radius 3 is 2.39 bits per heavy atom. The summed E-state index contributed by atoms with van der Waals surface area (Å²) in [5.74, 6) is 0.626. The highest BCUT2D eigenvalue weighted by Gasteiger charge is 2.29. The first-order valence-electron chi connectivity index (χ1n) is 9.58. The Hall–Kier alpha value is -3.40. The van der Waals surface area contributed by atoms with Gasteiger partial charge in [0.15, 0.2) is 11.5 Å². The highest BCUT2D eigenvalue weighted by atomic mass is 79.9. The van der Waals surface area contributed by atoms with Gasteiger partial charge in [-0.1, -0.05) is 28.1 Å². The average Bonchev–Trinajstić information content (AvgIpc) is 2.78. The lowest BCUT2D eigenvalue weighted by atomic mass is 10.1. The lowest BCUT2D eigenvalue weighted by Gasteiger charge is -2.14. The second kappa shape index (κ2) is 9.22. The number of fused-ring (bicyclic) bond motifs is 1. The Labute approximate surface area is 194 Å². The molecule has 0 unspecified atom stereocenters. The summed E-state index contributed by atoms with van der Waals surface area (Å²) in [6.45, 7) is 0.0281. The number of nitrogens with zero attached hydrogens (tertiary/aromatic N) is 2. The van der Waals surface area contributed by atoms with Gasteiger partial charge < -0.3 is 14.8 Å². The molecule has 0 saturated carbocycles. The van der Waals surface area contributed by atoms with Crippen LogP contribution < -0.4 is 14.8 Å². The molecule has 0 aliphatic heterocycles. The molecule has 33 heavy (non-hydrogen) atoms. The maximum Gasteiger partial charge on any atom is 0.416 e. The summed E-state index contributed by atoms with van der Waals surface area (Å²) in [6, 6.07) is 12.6. The molecule has 1 aromatic heterocycles. The van der Waals surface area contributed by atoms with E-state index in [1.165, 1.54) is 31.6 Å². The van der Waals surface area contributed by atoms with Crippen molar-refractivity contribution >= 4 is 38.3 Å². The molecule has 170 valence electrons. The highest BCUT2D eigenvalue weighted by Crippen LogP contribution is 2.36. The molecule has 4 rings (SSSR count). The second-order valence-corrected chi connectivity index (χ2v) is 7.89. The first kappa shape index (κ1) is 22.8. The van der Waals surface area contributed by atoms with Gasteiger partial charge >= 0.3 is 6.18 Å². The number of hydrogen-bond donors (Lipinski definition) is 1. The summed E-state index contributed by atoms with van der Waals surface area (Å²) in [6.07, 6.45) is -3.07. The third-order valence-corrected chi connectivity index (χ3v) is 5.27. The molecule has 1 N–H and O–H groups in total. The topological polar surface area (TPSA) is 56.3 Å². The van der Waals surface area contributed by atoms with Gasteiger partial charge in [0, 0.05) is 15.9 Å². The van der Waals surface area contributed by atoms with E-state index in [0.29, 0.717) is 38.3 Å². The van der Waals surface area contributed by atoms with Crippen molar-refractivity contribution < 1.29 is 27.0 Å². The molecular formula is C23H16BrF4N3O2. The quantitative estimate of drug-likeness (QED) is 0.280. The van der Waals surface area contributed by atoms with Gasteiger partial charge in [-0.05, 0) is 42.0 Å². The van der Waals surface area contributed by atoms with E-state index in [9.17, 15) is 17.6 Å². The fraction of sp³-hybridized carbons (Fsp3) is 0.130. The first-order chi connectivity index (χ1) is 15.7. The molecule has 0 atom stereocenters. The summed E-state index contributed by atoms with van der Waals surface area (Å²) in [5, 5.41) is 3.52. The first-order valence-corrected chi connectivity index (χ1v) is 10.4. The van der Waals surface area contributed by atoms with Gasteiger partial charge in [0.25, 0.3) is 0 Å². The van der Waals surface area contributed by atoms with Crippen LogP contribution >= 0.6 is 15.9 Å². The lowest BCUT2D eigenvalue weighted by Crippen LogP contribution is -2.05. The Morgan fingerprint density at radius 1 is 0.970 bits per heavy atom. The normalized spacial score (nSPS) is 11.5. The maximum atomic E-state index is 14.3. The van der Waals surface area contributed by atoms with E-state index in [1.807, 2.05) is 0 Å². The standard InChI is InChI=1S/C23H16BrF4N3O2/c1-32-20-9-16-19(29-12-30-22(16)31-18-7-6-15(24)8-17(18)25)10-21(20)33-11-13-2-4-14(5-3-13)23(26,27)28/h2-10,12H,11H2,1H3,(H,29,30,31). The molecule has 0 radical (unpaired) electrons. The van der Waals surface area contributed by atoms with Gasteiger partial charge in [0.05, 0.1) is 23.9 Å². The zero-order valence-corrected chi connectivity index (χ0v) is 18.7. The SMILES string of the molecule is COc1cc2c(Nc3ccc(Br)cc3F)ncnc2cc1OCc1ccc(C(F)(F)F)cc1. The van der Waals surface area contributed by atoms with Crippen molar-refractivity contribution in [3.05, 3.63) is 82.3 Å². The molecule has 0 bridgehead atoms. The molecular weight excluding hydrogens is 506 g/mol. The van der Waals surface area contributed by atoms with Crippen LogP contribution in [0.1, 0.15) is 11.1 Å². The number of rotatable bonds is 6. The number of halogens is 5. The summed E-state index contributed by atoms with van der Waals surface area (Å²) in [5.41, 5.74) is 0.572. The molecule has 4 aromatic rings. The zero-order valence-electron chi connectivity index (χ0n) is 17.1. The smallest absolute Gasteiger partial charge is 0.416 e. The van der Waals surface area contributed by atoms with Crippen LogP contribution in [-0.4, -0.2) is 17.1 Å². The minimum Gasteiger partial charge on any atom is -0.493 e. The minimum atomic E-state index is -4.40.